The minimum Gasteiger partial charge on any atom is -0.399 e. The number of fused-ring (bicyclic) bond motifs is 1. The van der Waals surface area contributed by atoms with Gasteiger partial charge < -0.3 is 5.73 Å². The molecule has 4 nitrogen and oxygen atoms in total. The molecule has 0 heterocycles. The molecule has 19 heavy (non-hydrogen) atoms. The van der Waals surface area contributed by atoms with Crippen LogP contribution in [-0.4, -0.2) is 14.2 Å². The first kappa shape index (κ1) is 14.3. The van der Waals surface area contributed by atoms with Gasteiger partial charge in [-0.2, -0.15) is 0 Å². The minimum absolute atomic E-state index is 0.108. The Bertz CT molecular complexity index is 574. The second kappa shape index (κ2) is 4.80. The Morgan fingerprint density at radius 2 is 2.05 bits per heavy atom. The summed E-state index contributed by atoms with van der Waals surface area (Å²) in [7, 11) is -3.26. The van der Waals surface area contributed by atoms with Crippen molar-refractivity contribution < 1.29 is 8.42 Å². The van der Waals surface area contributed by atoms with Crippen molar-refractivity contribution in [1.29, 1.82) is 0 Å². The van der Waals surface area contributed by atoms with E-state index < -0.39 is 10.0 Å². The fourth-order valence-electron chi connectivity index (χ4n) is 2.59. The molecule has 3 N–H and O–H groups in total. The van der Waals surface area contributed by atoms with Crippen LogP contribution in [0.25, 0.3) is 0 Å². The summed E-state index contributed by atoms with van der Waals surface area (Å²) in [6.07, 6.45) is 1.69. The van der Waals surface area contributed by atoms with Crippen molar-refractivity contribution in [1.82, 2.24) is 4.72 Å². The van der Waals surface area contributed by atoms with Crippen molar-refractivity contribution in [3.63, 3.8) is 0 Å². The molecule has 0 radical (unpaired) electrons. The number of nitrogen functional groups attached to an aromatic ring is 1. The molecule has 0 saturated heterocycles. The van der Waals surface area contributed by atoms with Gasteiger partial charge in [0.15, 0.2) is 0 Å². The van der Waals surface area contributed by atoms with Crippen molar-refractivity contribution in [3.8, 4) is 0 Å². The minimum atomic E-state index is -3.26. The quantitative estimate of drug-likeness (QED) is 0.835. The molecule has 106 valence electrons. The van der Waals surface area contributed by atoms with Crippen LogP contribution in [0.15, 0.2) is 18.2 Å². The topological polar surface area (TPSA) is 72.2 Å². The van der Waals surface area contributed by atoms with Crippen LogP contribution in [0.1, 0.15) is 44.4 Å². The summed E-state index contributed by atoms with van der Waals surface area (Å²) in [5.41, 5.74) is 8.46. The van der Waals surface area contributed by atoms with E-state index in [-0.39, 0.29) is 17.2 Å². The maximum atomic E-state index is 12.1. The van der Waals surface area contributed by atoms with Crippen LogP contribution in [0.5, 0.6) is 0 Å². The monoisotopic (exact) mass is 282 g/mol. The van der Waals surface area contributed by atoms with Gasteiger partial charge in [-0.1, -0.05) is 26.8 Å². The Balaban J connectivity index is 2.15. The molecule has 1 atom stereocenters. The second-order valence-corrected chi connectivity index (χ2v) is 8.24. The van der Waals surface area contributed by atoms with Crippen LogP contribution in [-0.2, 0) is 16.4 Å². The molecule has 0 aromatic heterocycles. The van der Waals surface area contributed by atoms with Crippen LogP contribution < -0.4 is 10.5 Å². The highest BCUT2D eigenvalue weighted by Gasteiger charge is 2.29. The SMILES string of the molecule is CC(C)(C)CS(=O)(=O)NC1CCc2cc(N)ccc21. The molecule has 0 spiro atoms. The highest BCUT2D eigenvalue weighted by Crippen LogP contribution is 2.33. The summed E-state index contributed by atoms with van der Waals surface area (Å²) in [5.74, 6) is 0.140. The van der Waals surface area contributed by atoms with Gasteiger partial charge in [-0.05, 0) is 41.5 Å². The van der Waals surface area contributed by atoms with Crippen LogP contribution >= 0.6 is 0 Å². The van der Waals surface area contributed by atoms with Crippen molar-refractivity contribution >= 4 is 15.7 Å². The standard InChI is InChI=1S/C14H22N2O2S/c1-14(2,3)9-19(17,18)16-13-7-4-10-8-11(15)5-6-12(10)13/h5-6,8,13,16H,4,7,9,15H2,1-3H3. The summed E-state index contributed by atoms with van der Waals surface area (Å²) in [4.78, 5) is 0. The number of hydrogen-bond acceptors (Lipinski definition) is 3. The van der Waals surface area contributed by atoms with Crippen LogP contribution in [0.4, 0.5) is 5.69 Å². The zero-order chi connectivity index (χ0) is 14.3. The first-order valence-electron chi connectivity index (χ1n) is 6.55. The van der Waals surface area contributed by atoms with Gasteiger partial charge in [-0.15, -0.1) is 0 Å². The molecule has 1 aliphatic rings. The fourth-order valence-corrected chi connectivity index (χ4v) is 4.49. The number of sulfonamides is 1. The maximum Gasteiger partial charge on any atom is 0.212 e. The van der Waals surface area contributed by atoms with Gasteiger partial charge in [0, 0.05) is 11.7 Å². The lowest BCUT2D eigenvalue weighted by Crippen LogP contribution is -2.34. The summed E-state index contributed by atoms with van der Waals surface area (Å²) in [6, 6.07) is 5.59. The van der Waals surface area contributed by atoms with E-state index in [0.717, 1.165) is 29.7 Å². The molecule has 0 fully saturated rings. The Morgan fingerprint density at radius 3 is 2.68 bits per heavy atom. The molecule has 1 aromatic carbocycles. The number of aryl methyl sites for hydroxylation is 1. The van der Waals surface area contributed by atoms with Crippen molar-refractivity contribution in [2.75, 3.05) is 11.5 Å². The number of anilines is 1. The fraction of sp³-hybridized carbons (Fsp3) is 0.571. The number of nitrogens with one attached hydrogen (secondary N) is 1. The molecular weight excluding hydrogens is 260 g/mol. The molecule has 1 unspecified atom stereocenters. The number of rotatable bonds is 3. The van der Waals surface area contributed by atoms with Crippen LogP contribution in [0, 0.1) is 5.41 Å². The summed E-state index contributed by atoms with van der Waals surface area (Å²) >= 11 is 0. The maximum absolute atomic E-state index is 12.1. The van der Waals surface area contributed by atoms with Crippen molar-refractivity contribution in [2.24, 2.45) is 5.41 Å². The molecule has 0 amide bonds. The zero-order valence-electron chi connectivity index (χ0n) is 11.7. The number of benzene rings is 1. The largest absolute Gasteiger partial charge is 0.399 e. The van der Waals surface area contributed by atoms with Gasteiger partial charge >= 0.3 is 0 Å². The van der Waals surface area contributed by atoms with Gasteiger partial charge in [0.1, 0.15) is 0 Å². The zero-order valence-corrected chi connectivity index (χ0v) is 12.5. The van der Waals surface area contributed by atoms with Gasteiger partial charge in [-0.3, -0.25) is 0 Å². The predicted molar refractivity (Wildman–Crippen MR) is 78.3 cm³/mol. The summed E-state index contributed by atoms with van der Waals surface area (Å²) < 4.78 is 27.1. The highest BCUT2D eigenvalue weighted by molar-refractivity contribution is 7.89. The Morgan fingerprint density at radius 1 is 1.37 bits per heavy atom. The van der Waals surface area contributed by atoms with E-state index in [2.05, 4.69) is 4.72 Å². The first-order chi connectivity index (χ1) is 8.66. The molecule has 0 bridgehead atoms. The van der Waals surface area contributed by atoms with Crippen molar-refractivity contribution in [2.45, 2.75) is 39.7 Å². The summed E-state index contributed by atoms with van der Waals surface area (Å²) in [5, 5.41) is 0. The number of nitrogens with two attached hydrogens (primary N) is 1. The first-order valence-corrected chi connectivity index (χ1v) is 8.20. The van der Waals surface area contributed by atoms with Gasteiger partial charge in [0.05, 0.1) is 5.75 Å². The van der Waals surface area contributed by atoms with E-state index in [1.807, 2.05) is 39.0 Å². The van der Waals surface area contributed by atoms with Gasteiger partial charge in [-0.25, -0.2) is 13.1 Å². The normalized spacial score (nSPS) is 19.4. The summed E-state index contributed by atoms with van der Waals surface area (Å²) in [6.45, 7) is 5.78. The molecule has 2 rings (SSSR count). The van der Waals surface area contributed by atoms with Gasteiger partial charge in [0.25, 0.3) is 0 Å². The highest BCUT2D eigenvalue weighted by atomic mass is 32.2. The molecule has 0 aliphatic heterocycles. The average Bonchev–Trinajstić information content (AvgIpc) is 2.56. The van der Waals surface area contributed by atoms with E-state index in [1.54, 1.807) is 0 Å². The third-order valence-corrected chi connectivity index (χ3v) is 5.08. The molecule has 0 saturated carbocycles. The van der Waals surface area contributed by atoms with E-state index in [0.29, 0.717) is 0 Å². The van der Waals surface area contributed by atoms with E-state index in [1.165, 1.54) is 0 Å². The van der Waals surface area contributed by atoms with Crippen LogP contribution in [0.2, 0.25) is 0 Å². The molecular formula is C14H22N2O2S. The third-order valence-electron chi connectivity index (χ3n) is 3.19. The average molecular weight is 282 g/mol. The smallest absolute Gasteiger partial charge is 0.212 e. The Hall–Kier alpha value is -1.07. The molecule has 1 aliphatic carbocycles. The predicted octanol–water partition coefficient (Wildman–Crippen LogP) is 2.22. The lowest BCUT2D eigenvalue weighted by molar-refractivity contribution is 0.454. The Labute approximate surface area is 115 Å². The lowest BCUT2D eigenvalue weighted by Gasteiger charge is -2.21. The molecule has 5 heteroatoms. The second-order valence-electron chi connectivity index (χ2n) is 6.49. The van der Waals surface area contributed by atoms with E-state index in [9.17, 15) is 8.42 Å². The Kier molecular flexibility index (Phi) is 3.62. The van der Waals surface area contributed by atoms with Crippen LogP contribution in [0.3, 0.4) is 0 Å². The van der Waals surface area contributed by atoms with E-state index in [4.69, 9.17) is 5.73 Å². The number of hydrogen-bond donors (Lipinski definition) is 2. The van der Waals surface area contributed by atoms with E-state index >= 15 is 0 Å². The molecule has 1 aromatic rings. The van der Waals surface area contributed by atoms with Gasteiger partial charge in [0.2, 0.25) is 10.0 Å². The van der Waals surface area contributed by atoms with Crippen molar-refractivity contribution in [3.05, 3.63) is 29.3 Å². The lowest BCUT2D eigenvalue weighted by atomic mass is 10.0. The third kappa shape index (κ3) is 3.70.